The van der Waals surface area contributed by atoms with Gasteiger partial charge in [-0.3, -0.25) is 0 Å². The highest BCUT2D eigenvalue weighted by atomic mass is 32.1. The largest absolute Gasteiger partial charge is 0.372 e. The van der Waals surface area contributed by atoms with Crippen molar-refractivity contribution >= 4 is 26.7 Å². The molecule has 0 N–H and O–H groups in total. The van der Waals surface area contributed by atoms with Crippen LogP contribution < -0.4 is 5.30 Å². The number of unbranched alkanes of at least 4 members (excludes halogenated alkanes) is 1. The lowest BCUT2D eigenvalue weighted by atomic mass is 10.3. The molecular formula is C10H14NOPS. The summed E-state index contributed by atoms with van der Waals surface area (Å²) in [6, 6.07) is 10.4. The molecule has 0 saturated carbocycles. The van der Waals surface area contributed by atoms with E-state index in [1.807, 2.05) is 6.07 Å². The average Bonchev–Trinajstić information content (AvgIpc) is 2.18. The molecule has 0 fully saturated rings. The highest BCUT2D eigenvalue weighted by Crippen LogP contribution is 2.11. The summed E-state index contributed by atoms with van der Waals surface area (Å²) < 4.78 is 0.589. The molecular weight excluding hydrogens is 213 g/mol. The van der Waals surface area contributed by atoms with Gasteiger partial charge in [-0.2, -0.15) is 0 Å². The van der Waals surface area contributed by atoms with Crippen LogP contribution in [0.15, 0.2) is 30.3 Å². The van der Waals surface area contributed by atoms with Crippen molar-refractivity contribution in [1.82, 2.24) is 0 Å². The molecule has 0 aliphatic carbocycles. The molecule has 0 heterocycles. The van der Waals surface area contributed by atoms with Crippen LogP contribution in [0.2, 0.25) is 0 Å². The number of nitroso groups, excluding NO2 is 1. The van der Waals surface area contributed by atoms with Crippen LogP contribution in [-0.2, 0) is 12.8 Å². The summed E-state index contributed by atoms with van der Waals surface area (Å²) in [6.45, 7) is 0.481. The second-order valence-corrected chi connectivity index (χ2v) is 4.89. The number of nitrogens with zero attached hydrogens (tertiary/aromatic N) is 1. The van der Waals surface area contributed by atoms with Crippen molar-refractivity contribution in [3.05, 3.63) is 35.2 Å². The Morgan fingerprint density at radius 2 is 1.93 bits per heavy atom. The van der Waals surface area contributed by atoms with E-state index in [9.17, 15) is 4.91 Å². The van der Waals surface area contributed by atoms with Gasteiger partial charge in [0, 0.05) is 6.42 Å². The fourth-order valence-corrected chi connectivity index (χ4v) is 2.43. The Morgan fingerprint density at radius 1 is 1.21 bits per heavy atom. The van der Waals surface area contributed by atoms with Crippen LogP contribution in [0.3, 0.4) is 0 Å². The van der Waals surface area contributed by atoms with Crippen molar-refractivity contribution in [2.24, 2.45) is 0 Å². The fraction of sp³-hybridized carbons (Fsp3) is 0.400. The monoisotopic (exact) mass is 227 g/mol. The Labute approximate surface area is 92.0 Å². The summed E-state index contributed by atoms with van der Waals surface area (Å²) in [7, 11) is 0.853. The number of benzene rings is 1. The molecule has 1 atom stereocenters. The van der Waals surface area contributed by atoms with Crippen molar-refractivity contribution in [3.63, 3.8) is 0 Å². The van der Waals surface area contributed by atoms with Gasteiger partial charge >= 0.3 is 0 Å². The first kappa shape index (κ1) is 11.5. The van der Waals surface area contributed by atoms with E-state index in [-0.39, 0.29) is 0 Å². The quantitative estimate of drug-likeness (QED) is 0.320. The van der Waals surface area contributed by atoms with Crippen LogP contribution in [0.5, 0.6) is 0 Å². The van der Waals surface area contributed by atoms with Gasteiger partial charge in [-0.25, -0.2) is 0 Å². The zero-order chi connectivity index (χ0) is 10.2. The second-order valence-electron chi connectivity index (χ2n) is 3.06. The van der Waals surface area contributed by atoms with E-state index < -0.39 is 0 Å². The number of hydrogen-bond acceptors (Lipinski definition) is 2. The van der Waals surface area contributed by atoms with Gasteiger partial charge in [-0.1, -0.05) is 43.1 Å². The fourth-order valence-electron chi connectivity index (χ4n) is 1.15. The van der Waals surface area contributed by atoms with E-state index >= 15 is 0 Å². The Morgan fingerprint density at radius 3 is 2.57 bits per heavy atom. The Balaban J connectivity index is 2.08. The molecule has 1 aromatic rings. The van der Waals surface area contributed by atoms with Crippen molar-refractivity contribution in [2.45, 2.75) is 12.8 Å². The molecule has 2 nitrogen and oxygen atoms in total. The summed E-state index contributed by atoms with van der Waals surface area (Å²) in [5.41, 5.74) is 0. The summed E-state index contributed by atoms with van der Waals surface area (Å²) in [5.74, 6) is 0. The number of rotatable bonds is 6. The van der Waals surface area contributed by atoms with E-state index in [2.05, 4.69) is 37.1 Å². The molecule has 0 spiro atoms. The second kappa shape index (κ2) is 6.86. The summed E-state index contributed by atoms with van der Waals surface area (Å²) in [4.78, 5) is 10.4. The lowest BCUT2D eigenvalue weighted by molar-refractivity contribution is -0.370. The molecule has 0 bridgehead atoms. The normalized spacial score (nSPS) is 10.9. The van der Waals surface area contributed by atoms with Gasteiger partial charge in [0.05, 0.1) is 0 Å². The molecule has 1 unspecified atom stereocenters. The minimum absolute atomic E-state index is 0.481. The molecule has 0 aromatic heterocycles. The predicted molar refractivity (Wildman–Crippen MR) is 64.4 cm³/mol. The minimum atomic E-state index is 0.481. The zero-order valence-corrected chi connectivity index (χ0v) is 9.80. The van der Waals surface area contributed by atoms with Crippen molar-refractivity contribution < 1.29 is 4.17 Å². The Kier molecular flexibility index (Phi) is 5.65. The van der Waals surface area contributed by atoms with Crippen LogP contribution in [0.1, 0.15) is 12.8 Å². The maximum Gasteiger partial charge on any atom is 0.174 e. The topological polar surface area (TPSA) is 20.1 Å². The van der Waals surface area contributed by atoms with Gasteiger partial charge in [0.15, 0.2) is 6.54 Å². The van der Waals surface area contributed by atoms with Crippen molar-refractivity contribution in [3.8, 4) is 0 Å². The molecule has 4 heteroatoms. The molecule has 1 aromatic carbocycles. The molecule has 0 saturated heterocycles. The molecule has 76 valence electrons. The molecule has 0 aliphatic rings. The molecule has 0 amide bonds. The summed E-state index contributed by atoms with van der Waals surface area (Å²) in [6.07, 6.45) is 3.16. The molecule has 1 rings (SSSR count). The Hall–Kier alpha value is -0.530. The summed E-state index contributed by atoms with van der Waals surface area (Å²) >= 11 is 4.40. The highest BCUT2D eigenvalue weighted by Gasteiger charge is 1.95. The van der Waals surface area contributed by atoms with Crippen LogP contribution in [0.25, 0.3) is 0 Å². The lowest BCUT2D eigenvalue weighted by Gasteiger charge is -2.00. The van der Waals surface area contributed by atoms with Crippen LogP contribution in [-0.4, -0.2) is 16.9 Å². The highest BCUT2D eigenvalue weighted by molar-refractivity contribution is 7.51. The predicted octanol–water partition coefficient (Wildman–Crippen LogP) is 2.01. The van der Waals surface area contributed by atoms with Gasteiger partial charge in [0.25, 0.3) is 0 Å². The van der Waals surface area contributed by atoms with Crippen molar-refractivity contribution in [1.29, 1.82) is 0 Å². The molecule has 14 heavy (non-hydrogen) atoms. The standard InChI is InChI=1S/C10H14NOPS/c12-11(14)8-4-5-9-13-10-6-2-1-3-7-10/h1-3,6-7,13H,4-5,8-9H2. The SMILES string of the molecule is O=[N+]([S-])CCCCPc1ccccc1. The van der Waals surface area contributed by atoms with Crippen LogP contribution >= 0.6 is 8.58 Å². The number of hydrogen-bond donors (Lipinski definition) is 0. The van der Waals surface area contributed by atoms with E-state index in [4.69, 9.17) is 0 Å². The third kappa shape index (κ3) is 5.25. The van der Waals surface area contributed by atoms with E-state index in [1.54, 1.807) is 0 Å². The van der Waals surface area contributed by atoms with E-state index in [0.717, 1.165) is 27.6 Å². The maximum atomic E-state index is 10.4. The first-order valence-corrected chi connectivity index (χ1v) is 6.27. The van der Waals surface area contributed by atoms with Gasteiger partial charge in [0.2, 0.25) is 0 Å². The first-order chi connectivity index (χ1) is 6.79. The lowest BCUT2D eigenvalue weighted by Crippen LogP contribution is -2.01. The maximum absolute atomic E-state index is 10.4. The van der Waals surface area contributed by atoms with Crippen LogP contribution in [0.4, 0.5) is 0 Å². The smallest absolute Gasteiger partial charge is 0.174 e. The van der Waals surface area contributed by atoms with Gasteiger partial charge in [-0.15, -0.1) is 0 Å². The summed E-state index contributed by atoms with van der Waals surface area (Å²) in [5, 5.41) is 1.39. The van der Waals surface area contributed by atoms with Gasteiger partial charge < -0.3 is 12.8 Å². The third-order valence-corrected chi connectivity index (χ3v) is 3.40. The third-order valence-electron chi connectivity index (χ3n) is 1.87. The van der Waals surface area contributed by atoms with E-state index in [0.29, 0.717) is 10.7 Å². The molecule has 0 aliphatic heterocycles. The van der Waals surface area contributed by atoms with E-state index in [1.165, 1.54) is 5.30 Å². The zero-order valence-electron chi connectivity index (χ0n) is 7.98. The van der Waals surface area contributed by atoms with Gasteiger partial charge in [0.1, 0.15) is 0 Å². The van der Waals surface area contributed by atoms with Crippen LogP contribution in [0, 0.1) is 4.91 Å². The molecule has 0 radical (unpaired) electrons. The minimum Gasteiger partial charge on any atom is -0.372 e. The first-order valence-electron chi connectivity index (χ1n) is 4.70. The van der Waals surface area contributed by atoms with Crippen molar-refractivity contribution in [2.75, 3.05) is 12.7 Å². The Bertz CT molecular complexity index is 279. The van der Waals surface area contributed by atoms with Gasteiger partial charge in [-0.05, 0) is 22.8 Å². The average molecular weight is 227 g/mol.